The smallest absolute Gasteiger partial charge is 0.136 e. The van der Waals surface area contributed by atoms with Crippen molar-refractivity contribution in [3.63, 3.8) is 0 Å². The topological polar surface area (TPSA) is 16.1 Å². The minimum absolute atomic E-state index is 0.276. The van der Waals surface area contributed by atoms with Gasteiger partial charge in [-0.1, -0.05) is 24.3 Å². The van der Waals surface area contributed by atoms with Crippen LogP contribution in [0, 0.1) is 0 Å². The monoisotopic (exact) mass is 306 g/mol. The lowest BCUT2D eigenvalue weighted by Crippen LogP contribution is -2.43. The van der Waals surface area contributed by atoms with Crippen LogP contribution in [0.1, 0.15) is 19.5 Å². The van der Waals surface area contributed by atoms with Crippen LogP contribution in [0.15, 0.2) is 30.3 Å². The summed E-state index contributed by atoms with van der Waals surface area (Å²) in [5.41, 5.74) is 0.955. The van der Waals surface area contributed by atoms with Gasteiger partial charge in [0.2, 0.25) is 0 Å². The Bertz CT molecular complexity index is 627. The summed E-state index contributed by atoms with van der Waals surface area (Å²) in [5, 5.41) is 2.45. The number of aromatic nitrogens is 1. The molecule has 1 aliphatic rings. The molecular formula is C16H19ClN2S. The summed E-state index contributed by atoms with van der Waals surface area (Å²) in [5.74, 6) is 2.70. The molecule has 1 saturated heterocycles. The zero-order chi connectivity index (χ0) is 14.2. The summed E-state index contributed by atoms with van der Waals surface area (Å²) in [6, 6.07) is 10.5. The molecule has 1 aromatic carbocycles. The van der Waals surface area contributed by atoms with Gasteiger partial charge in [0.1, 0.15) is 5.82 Å². The number of thioether (sulfide) groups is 1. The van der Waals surface area contributed by atoms with Crippen LogP contribution in [0.2, 0.25) is 0 Å². The average Bonchev–Trinajstić information content (AvgIpc) is 2.45. The van der Waals surface area contributed by atoms with Gasteiger partial charge in [0, 0.05) is 29.0 Å². The molecule has 1 fully saturated rings. The summed E-state index contributed by atoms with van der Waals surface area (Å²) in [6.07, 6.45) is 0. The largest absolute Gasteiger partial charge is 0.354 e. The van der Waals surface area contributed by atoms with E-state index >= 15 is 0 Å². The van der Waals surface area contributed by atoms with E-state index in [0.29, 0.717) is 5.88 Å². The molecule has 2 heterocycles. The van der Waals surface area contributed by atoms with E-state index in [1.807, 2.05) is 11.8 Å². The molecule has 3 rings (SSSR count). The normalized spacial score (nSPS) is 18.4. The van der Waals surface area contributed by atoms with E-state index in [1.54, 1.807) is 0 Å². The third-order valence-electron chi connectivity index (χ3n) is 3.64. The van der Waals surface area contributed by atoms with Crippen LogP contribution < -0.4 is 4.90 Å². The molecule has 0 radical (unpaired) electrons. The number of halogens is 1. The van der Waals surface area contributed by atoms with Gasteiger partial charge in [-0.15, -0.1) is 11.6 Å². The Balaban J connectivity index is 2.09. The number of benzene rings is 1. The van der Waals surface area contributed by atoms with E-state index in [1.165, 1.54) is 10.8 Å². The summed E-state index contributed by atoms with van der Waals surface area (Å²) in [6.45, 7) is 6.69. The van der Waals surface area contributed by atoms with Crippen LogP contribution in [0.3, 0.4) is 0 Å². The highest BCUT2D eigenvalue weighted by molar-refractivity contribution is 8.00. The van der Waals surface area contributed by atoms with Gasteiger partial charge in [-0.25, -0.2) is 4.98 Å². The first-order valence-electron chi connectivity index (χ1n) is 6.93. The number of anilines is 1. The first-order valence-corrected chi connectivity index (χ1v) is 8.45. The Hall–Kier alpha value is -0.930. The fourth-order valence-electron chi connectivity index (χ4n) is 2.74. The highest BCUT2D eigenvalue weighted by Crippen LogP contribution is 2.34. The number of pyridine rings is 1. The molecule has 0 spiro atoms. The average molecular weight is 307 g/mol. The fraction of sp³-hybridized carbons (Fsp3) is 0.438. The molecular weight excluding hydrogens is 288 g/mol. The van der Waals surface area contributed by atoms with Crippen LogP contribution in [0.4, 0.5) is 5.82 Å². The van der Waals surface area contributed by atoms with Crippen molar-refractivity contribution in [1.29, 1.82) is 0 Å². The number of hydrogen-bond donors (Lipinski definition) is 0. The zero-order valence-corrected chi connectivity index (χ0v) is 13.5. The molecule has 0 bridgehead atoms. The quantitative estimate of drug-likeness (QED) is 0.769. The predicted octanol–water partition coefficient (Wildman–Crippen LogP) is 4.31. The van der Waals surface area contributed by atoms with Crippen molar-refractivity contribution in [2.45, 2.75) is 24.5 Å². The third-order valence-corrected chi connectivity index (χ3v) is 5.21. The van der Waals surface area contributed by atoms with E-state index in [9.17, 15) is 0 Å². The maximum Gasteiger partial charge on any atom is 0.136 e. The fourth-order valence-corrected chi connectivity index (χ4v) is 3.99. The molecule has 4 heteroatoms. The molecule has 0 saturated carbocycles. The van der Waals surface area contributed by atoms with Crippen LogP contribution in [0.5, 0.6) is 0 Å². The highest BCUT2D eigenvalue weighted by Gasteiger charge is 2.28. The van der Waals surface area contributed by atoms with Gasteiger partial charge in [-0.3, -0.25) is 0 Å². The molecule has 106 valence electrons. The minimum atomic E-state index is 0.276. The Morgan fingerprint density at radius 3 is 2.90 bits per heavy atom. The van der Waals surface area contributed by atoms with Crippen molar-refractivity contribution < 1.29 is 0 Å². The van der Waals surface area contributed by atoms with Crippen molar-refractivity contribution in [2.75, 3.05) is 23.7 Å². The molecule has 1 aromatic heterocycles. The third kappa shape index (κ3) is 2.75. The Labute approximate surface area is 129 Å². The molecule has 0 aliphatic carbocycles. The van der Waals surface area contributed by atoms with Crippen molar-refractivity contribution >= 4 is 40.0 Å². The van der Waals surface area contributed by atoms with Crippen molar-refractivity contribution in [1.82, 2.24) is 4.98 Å². The summed E-state index contributed by atoms with van der Waals surface area (Å²) in [4.78, 5) is 7.20. The van der Waals surface area contributed by atoms with Crippen LogP contribution in [0.25, 0.3) is 10.8 Å². The Morgan fingerprint density at radius 2 is 2.15 bits per heavy atom. The number of nitrogens with zero attached hydrogens (tertiary/aromatic N) is 2. The number of alkyl halides is 1. The van der Waals surface area contributed by atoms with Gasteiger partial charge < -0.3 is 4.90 Å². The lowest BCUT2D eigenvalue weighted by Gasteiger charge is -2.38. The Kier molecular flexibility index (Phi) is 3.83. The lowest BCUT2D eigenvalue weighted by atomic mass is 10.1. The Morgan fingerprint density at radius 1 is 1.35 bits per heavy atom. The second-order valence-electron chi connectivity index (χ2n) is 5.82. The number of hydrogen-bond acceptors (Lipinski definition) is 3. The molecule has 0 unspecified atom stereocenters. The minimum Gasteiger partial charge on any atom is -0.354 e. The molecule has 0 N–H and O–H groups in total. The summed E-state index contributed by atoms with van der Waals surface area (Å²) >= 11 is 8.05. The van der Waals surface area contributed by atoms with Crippen molar-refractivity contribution in [3.05, 3.63) is 36.0 Å². The first kappa shape index (κ1) is 14.0. The van der Waals surface area contributed by atoms with E-state index in [-0.39, 0.29) is 4.75 Å². The molecule has 20 heavy (non-hydrogen) atoms. The van der Waals surface area contributed by atoms with Gasteiger partial charge >= 0.3 is 0 Å². The molecule has 0 atom stereocenters. The number of rotatable bonds is 2. The van der Waals surface area contributed by atoms with Crippen LogP contribution in [-0.2, 0) is 5.88 Å². The van der Waals surface area contributed by atoms with E-state index in [2.05, 4.69) is 49.1 Å². The van der Waals surface area contributed by atoms with Crippen LogP contribution >= 0.6 is 23.4 Å². The zero-order valence-electron chi connectivity index (χ0n) is 11.9. The second kappa shape index (κ2) is 5.45. The van der Waals surface area contributed by atoms with Gasteiger partial charge in [0.25, 0.3) is 0 Å². The lowest BCUT2D eigenvalue weighted by molar-refractivity contribution is 0.643. The predicted molar refractivity (Wildman–Crippen MR) is 90.1 cm³/mol. The molecule has 1 aliphatic heterocycles. The number of fused-ring (bicyclic) bond motifs is 1. The second-order valence-corrected chi connectivity index (χ2v) is 7.89. The first-order chi connectivity index (χ1) is 9.59. The molecule has 0 amide bonds. The van der Waals surface area contributed by atoms with Crippen LogP contribution in [-0.4, -0.2) is 28.6 Å². The van der Waals surface area contributed by atoms with Gasteiger partial charge in [0.15, 0.2) is 0 Å². The van der Waals surface area contributed by atoms with E-state index < -0.39 is 0 Å². The van der Waals surface area contributed by atoms with Gasteiger partial charge in [-0.05, 0) is 25.3 Å². The maximum absolute atomic E-state index is 6.01. The SMILES string of the molecule is CC1(C)CN(c2nc(CCl)cc3ccccc23)CCS1. The maximum atomic E-state index is 6.01. The molecule has 2 aromatic rings. The van der Waals surface area contributed by atoms with E-state index in [4.69, 9.17) is 16.6 Å². The summed E-state index contributed by atoms with van der Waals surface area (Å²) in [7, 11) is 0. The molecule has 2 nitrogen and oxygen atoms in total. The van der Waals surface area contributed by atoms with Gasteiger partial charge in [0.05, 0.1) is 11.6 Å². The highest BCUT2D eigenvalue weighted by atomic mass is 35.5. The van der Waals surface area contributed by atoms with Crippen molar-refractivity contribution in [2.24, 2.45) is 0 Å². The van der Waals surface area contributed by atoms with Gasteiger partial charge in [-0.2, -0.15) is 11.8 Å². The standard InChI is InChI=1S/C16H19ClN2S/c1-16(2)11-19(7-8-20-16)15-14-6-4-3-5-12(14)9-13(10-17)18-15/h3-6,9H,7-8,10-11H2,1-2H3. The summed E-state index contributed by atoms with van der Waals surface area (Å²) < 4.78 is 0.276. The van der Waals surface area contributed by atoms with Crippen molar-refractivity contribution in [3.8, 4) is 0 Å². The van der Waals surface area contributed by atoms with E-state index in [0.717, 1.165) is 30.4 Å².